The molecule has 9 heteroatoms. The second-order valence-corrected chi connectivity index (χ2v) is 28.7. The first-order chi connectivity index (χ1) is 42.5. The first-order valence-electron chi connectivity index (χ1n) is 38.2. The fourth-order valence-electron chi connectivity index (χ4n) is 11.5. The molecular weight excluding hydrogens is 1090 g/mol. The van der Waals surface area contributed by atoms with E-state index in [1.54, 1.807) is 6.08 Å². The largest absolute Gasteiger partial charge is 0.756 e. The average molecular weight is 1240 g/mol. The molecule has 0 radical (unpaired) electrons. The Hall–Kier alpha value is -1.80. The number of aliphatic hydroxyl groups is 1. The fraction of sp³-hybridized carbons (Fsp3) is 0.859. The summed E-state index contributed by atoms with van der Waals surface area (Å²) in [6, 6.07) is -0.912. The van der Waals surface area contributed by atoms with Gasteiger partial charge < -0.3 is 28.8 Å². The number of carbonyl (C=O) groups excluding carboxylic acids is 1. The summed E-state index contributed by atoms with van der Waals surface area (Å²) < 4.78 is 23.5. The highest BCUT2D eigenvalue weighted by molar-refractivity contribution is 7.45. The van der Waals surface area contributed by atoms with Crippen molar-refractivity contribution in [2.24, 2.45) is 0 Å². The summed E-state index contributed by atoms with van der Waals surface area (Å²) in [7, 11) is 1.25. The topological polar surface area (TPSA) is 108 Å². The highest BCUT2D eigenvalue weighted by Gasteiger charge is 2.23. The van der Waals surface area contributed by atoms with E-state index in [-0.39, 0.29) is 12.5 Å². The number of hydrogen-bond acceptors (Lipinski definition) is 6. The Morgan fingerprint density at radius 2 is 0.678 bits per heavy atom. The highest BCUT2D eigenvalue weighted by atomic mass is 31.2. The van der Waals surface area contributed by atoms with Gasteiger partial charge in [0.1, 0.15) is 13.2 Å². The lowest BCUT2D eigenvalue weighted by molar-refractivity contribution is -0.870. The molecule has 512 valence electrons. The SMILES string of the molecule is CCCCCCC/C=C\C/C=C\CCCCCCCCCCCCCCCCCCCCCCCCCCCCCC(=O)NC(COP(=O)([O-])OCC[N+](C)(C)C)C(O)/C=C/CC/C=C/CC/C=C/CCCCCCCCCCCCCCCCCC. The van der Waals surface area contributed by atoms with Gasteiger partial charge >= 0.3 is 0 Å². The van der Waals surface area contributed by atoms with Crippen molar-refractivity contribution in [1.29, 1.82) is 0 Å². The molecule has 0 aromatic heterocycles. The quantitative estimate of drug-likeness (QED) is 0.0272. The zero-order chi connectivity index (χ0) is 63.4. The number of amides is 1. The van der Waals surface area contributed by atoms with Crippen LogP contribution in [0.1, 0.15) is 380 Å². The van der Waals surface area contributed by atoms with Crippen molar-refractivity contribution in [1.82, 2.24) is 5.32 Å². The Balaban J connectivity index is 3.99. The van der Waals surface area contributed by atoms with Crippen molar-refractivity contribution in [3.63, 3.8) is 0 Å². The number of nitrogens with one attached hydrogen (secondary N) is 1. The number of quaternary nitrogens is 1. The summed E-state index contributed by atoms with van der Waals surface area (Å²) in [4.78, 5) is 25.7. The van der Waals surface area contributed by atoms with Crippen LogP contribution >= 0.6 is 7.82 Å². The van der Waals surface area contributed by atoms with E-state index >= 15 is 0 Å². The highest BCUT2D eigenvalue weighted by Crippen LogP contribution is 2.38. The summed E-state index contributed by atoms with van der Waals surface area (Å²) in [5.41, 5.74) is 0. The molecule has 0 aliphatic rings. The number of carbonyl (C=O) groups is 1. The Labute approximate surface area is 542 Å². The molecule has 0 saturated heterocycles. The molecule has 0 heterocycles. The minimum Gasteiger partial charge on any atom is -0.756 e. The van der Waals surface area contributed by atoms with Crippen LogP contribution in [0.4, 0.5) is 0 Å². The van der Waals surface area contributed by atoms with Gasteiger partial charge in [0.15, 0.2) is 0 Å². The Morgan fingerprint density at radius 3 is 1.00 bits per heavy atom. The molecule has 0 spiro atoms. The molecule has 87 heavy (non-hydrogen) atoms. The monoisotopic (exact) mass is 1240 g/mol. The Morgan fingerprint density at radius 1 is 0.402 bits per heavy atom. The number of unbranched alkanes of at least 4 members (excludes halogenated alkanes) is 50. The van der Waals surface area contributed by atoms with Crippen molar-refractivity contribution < 1.29 is 32.9 Å². The number of phosphoric acid groups is 1. The van der Waals surface area contributed by atoms with Crippen LogP contribution in [-0.2, 0) is 18.4 Å². The van der Waals surface area contributed by atoms with Crippen molar-refractivity contribution in [3.8, 4) is 0 Å². The zero-order valence-corrected chi connectivity index (χ0v) is 59.6. The third-order valence-electron chi connectivity index (χ3n) is 17.4. The maximum Gasteiger partial charge on any atom is 0.268 e. The minimum absolute atomic E-state index is 0.00826. The van der Waals surface area contributed by atoms with Crippen molar-refractivity contribution in [2.45, 2.75) is 392 Å². The molecule has 0 bridgehead atoms. The maximum absolute atomic E-state index is 13.1. The predicted octanol–water partition coefficient (Wildman–Crippen LogP) is 24.1. The summed E-state index contributed by atoms with van der Waals surface area (Å²) in [5, 5.41) is 14.0. The fourth-order valence-corrected chi connectivity index (χ4v) is 12.2. The van der Waals surface area contributed by atoms with Gasteiger partial charge in [0.2, 0.25) is 5.91 Å². The van der Waals surface area contributed by atoms with Crippen LogP contribution in [0.2, 0.25) is 0 Å². The summed E-state index contributed by atoms with van der Waals surface area (Å²) in [6.45, 7) is 4.66. The molecule has 2 N–H and O–H groups in total. The van der Waals surface area contributed by atoms with Crippen LogP contribution < -0.4 is 10.2 Å². The van der Waals surface area contributed by atoms with Crippen LogP contribution in [0.15, 0.2) is 60.8 Å². The molecule has 8 nitrogen and oxygen atoms in total. The number of phosphoric ester groups is 1. The molecule has 0 aliphatic carbocycles. The number of nitrogens with zero attached hydrogens (tertiary/aromatic N) is 1. The van der Waals surface area contributed by atoms with Gasteiger partial charge in [0, 0.05) is 6.42 Å². The van der Waals surface area contributed by atoms with E-state index in [1.807, 2.05) is 27.2 Å². The van der Waals surface area contributed by atoms with Gasteiger partial charge in [-0.2, -0.15) is 0 Å². The van der Waals surface area contributed by atoms with Crippen molar-refractivity contribution in [3.05, 3.63) is 60.8 Å². The number of aliphatic hydroxyl groups excluding tert-OH is 1. The van der Waals surface area contributed by atoms with Gasteiger partial charge in [-0.15, -0.1) is 0 Å². The van der Waals surface area contributed by atoms with Gasteiger partial charge in [-0.25, -0.2) is 0 Å². The number of likely N-dealkylation sites (N-methyl/N-ethyl adjacent to an activating group) is 1. The van der Waals surface area contributed by atoms with E-state index in [0.29, 0.717) is 17.4 Å². The van der Waals surface area contributed by atoms with E-state index in [0.717, 1.165) is 51.4 Å². The molecule has 0 rings (SSSR count). The van der Waals surface area contributed by atoms with Crippen LogP contribution in [0.25, 0.3) is 0 Å². The summed E-state index contributed by atoms with van der Waals surface area (Å²) in [5.74, 6) is -0.204. The average Bonchev–Trinajstić information content (AvgIpc) is 3.69. The van der Waals surface area contributed by atoms with Gasteiger partial charge in [0.05, 0.1) is 39.9 Å². The minimum atomic E-state index is -4.62. The summed E-state index contributed by atoms with van der Waals surface area (Å²) >= 11 is 0. The molecule has 0 saturated carbocycles. The lowest BCUT2D eigenvalue weighted by Gasteiger charge is -2.29. The third kappa shape index (κ3) is 71.5. The number of allylic oxidation sites excluding steroid dienone is 9. The molecule has 0 aromatic rings. The van der Waals surface area contributed by atoms with Crippen molar-refractivity contribution in [2.75, 3.05) is 40.9 Å². The number of rotatable bonds is 71. The second-order valence-electron chi connectivity index (χ2n) is 27.3. The molecule has 3 atom stereocenters. The predicted molar refractivity (Wildman–Crippen MR) is 381 cm³/mol. The van der Waals surface area contributed by atoms with Crippen LogP contribution in [-0.4, -0.2) is 68.5 Å². The van der Waals surface area contributed by atoms with Crippen LogP contribution in [0.5, 0.6) is 0 Å². The smallest absolute Gasteiger partial charge is 0.268 e. The number of hydrogen-bond donors (Lipinski definition) is 2. The van der Waals surface area contributed by atoms with E-state index in [9.17, 15) is 19.4 Å². The maximum atomic E-state index is 13.1. The first kappa shape index (κ1) is 85.2. The van der Waals surface area contributed by atoms with Crippen molar-refractivity contribution >= 4 is 13.7 Å². The Kier molecular flexibility index (Phi) is 67.1. The first-order valence-corrected chi connectivity index (χ1v) is 39.6. The van der Waals surface area contributed by atoms with Gasteiger partial charge in [-0.1, -0.05) is 357 Å². The normalized spacial score (nSPS) is 13.9. The third-order valence-corrected chi connectivity index (χ3v) is 18.4. The molecule has 1 amide bonds. The molecule has 0 fully saturated rings. The summed E-state index contributed by atoms with van der Waals surface area (Å²) in [6.07, 6.45) is 95.3. The van der Waals surface area contributed by atoms with Gasteiger partial charge in [-0.05, 0) is 77.0 Å². The van der Waals surface area contributed by atoms with Gasteiger partial charge in [0.25, 0.3) is 7.82 Å². The lowest BCUT2D eigenvalue weighted by atomic mass is 10.0. The van der Waals surface area contributed by atoms with E-state index in [4.69, 9.17) is 9.05 Å². The van der Waals surface area contributed by atoms with Crippen LogP contribution in [0.3, 0.4) is 0 Å². The van der Waals surface area contributed by atoms with E-state index in [1.165, 1.54) is 308 Å². The molecule has 0 aliphatic heterocycles. The molecule has 0 aromatic carbocycles. The molecule has 3 unspecified atom stereocenters. The Bertz CT molecular complexity index is 1600. The van der Waals surface area contributed by atoms with E-state index in [2.05, 4.69) is 67.8 Å². The second kappa shape index (κ2) is 68.6. The van der Waals surface area contributed by atoms with E-state index < -0.39 is 26.6 Å². The van der Waals surface area contributed by atoms with Crippen LogP contribution in [0, 0.1) is 0 Å². The zero-order valence-electron chi connectivity index (χ0n) is 58.7. The van der Waals surface area contributed by atoms with Gasteiger partial charge in [-0.3, -0.25) is 9.36 Å². The molecular formula is C78H149N2O6P. The standard InChI is InChI=1S/C78H149N2O6P/c1-6-8-10-12-14-16-18-20-22-24-26-28-30-32-34-35-36-37-38-39-40-41-42-43-44-45-46-48-50-52-54-56-58-60-62-64-66-68-70-72-78(82)79-76(75-86-87(83,84)85-74-73-80(3,4)5)77(81)71-69-67-65-63-61-59-57-55-53-51-49-47-33-31-29-27-25-23-21-19-17-15-13-11-9-7-2/h18,20,24,26,53,55,61,63,69,71,76-77,81H,6-17,19,21-23,25,27-52,54,56-60,62,64-68,70,72-75H2,1-5H3,(H-,79,82,83,84)/b20-18-,26-24-,55-53+,63-61+,71-69+. The lowest BCUT2D eigenvalue weighted by Crippen LogP contribution is -2.45.